The van der Waals surface area contributed by atoms with Gasteiger partial charge >= 0.3 is 5.97 Å². The van der Waals surface area contributed by atoms with Crippen LogP contribution in [0.5, 0.6) is 0 Å². The van der Waals surface area contributed by atoms with E-state index in [0.29, 0.717) is 24.7 Å². The molecule has 0 aliphatic rings. The molecule has 0 bridgehead atoms. The van der Waals surface area contributed by atoms with E-state index < -0.39 is 5.97 Å². The summed E-state index contributed by atoms with van der Waals surface area (Å²) in [5.74, 6) is -0.0571. The molecule has 0 aliphatic heterocycles. The van der Waals surface area contributed by atoms with Gasteiger partial charge in [0, 0.05) is 12.6 Å². The highest BCUT2D eigenvalue weighted by atomic mass is 16.4. The van der Waals surface area contributed by atoms with E-state index in [1.807, 2.05) is 6.92 Å². The van der Waals surface area contributed by atoms with E-state index in [4.69, 9.17) is 9.52 Å². The number of aromatic carboxylic acids is 1. The lowest BCUT2D eigenvalue weighted by molar-refractivity contribution is 0.0691. The third-order valence-corrected chi connectivity index (χ3v) is 1.98. The van der Waals surface area contributed by atoms with Crippen LogP contribution in [-0.4, -0.2) is 30.8 Å². The lowest BCUT2D eigenvalue weighted by Gasteiger charge is -1.94. The van der Waals surface area contributed by atoms with Crippen molar-refractivity contribution >= 4 is 5.97 Å². The number of carbonyl (C=O) groups is 1. The topological polar surface area (TPSA) is 94.0 Å². The molecule has 84 valence electrons. The number of aromatic nitrogens is 4. The van der Waals surface area contributed by atoms with Crippen molar-refractivity contribution in [3.63, 3.8) is 0 Å². The van der Waals surface area contributed by atoms with Gasteiger partial charge in [0.1, 0.15) is 6.54 Å². The van der Waals surface area contributed by atoms with Gasteiger partial charge in [0.15, 0.2) is 5.69 Å². The summed E-state index contributed by atoms with van der Waals surface area (Å²) in [4.78, 5) is 14.3. The summed E-state index contributed by atoms with van der Waals surface area (Å²) in [6.45, 7) is 2.24. The molecule has 0 saturated heterocycles. The summed E-state index contributed by atoms with van der Waals surface area (Å²) in [5.41, 5.74) is -0.00442. The molecule has 0 amide bonds. The molecule has 7 heteroatoms. The van der Waals surface area contributed by atoms with Gasteiger partial charge in [-0.1, -0.05) is 6.92 Å². The zero-order chi connectivity index (χ0) is 11.5. The third kappa shape index (κ3) is 2.08. The fourth-order valence-electron chi connectivity index (χ4n) is 1.21. The van der Waals surface area contributed by atoms with Crippen LogP contribution in [0.25, 0.3) is 0 Å². The first-order valence-electron chi connectivity index (χ1n) is 4.75. The number of carboxylic acids is 1. The molecule has 0 unspecified atom stereocenters. The molecular formula is C9H10N4O3. The third-order valence-electron chi connectivity index (χ3n) is 1.98. The van der Waals surface area contributed by atoms with E-state index >= 15 is 0 Å². The summed E-state index contributed by atoms with van der Waals surface area (Å²) in [6.07, 6.45) is 3.51. The second kappa shape index (κ2) is 4.13. The van der Waals surface area contributed by atoms with Crippen molar-refractivity contribution in [1.29, 1.82) is 0 Å². The minimum absolute atomic E-state index is 0.00442. The summed E-state index contributed by atoms with van der Waals surface area (Å²) in [6, 6.07) is 0. The predicted molar refractivity (Wildman–Crippen MR) is 52.0 cm³/mol. The molecule has 0 spiro atoms. The average Bonchev–Trinajstić information content (AvgIpc) is 2.87. The van der Waals surface area contributed by atoms with Gasteiger partial charge in [-0.2, -0.15) is 0 Å². The van der Waals surface area contributed by atoms with Gasteiger partial charge in [0.05, 0.1) is 6.33 Å². The normalized spacial score (nSPS) is 10.6. The Kier molecular flexibility index (Phi) is 2.67. The first-order chi connectivity index (χ1) is 7.69. The van der Waals surface area contributed by atoms with Crippen LogP contribution in [0, 0.1) is 0 Å². The Bertz CT molecular complexity index is 502. The van der Waals surface area contributed by atoms with E-state index in [9.17, 15) is 4.79 Å². The summed E-state index contributed by atoms with van der Waals surface area (Å²) >= 11 is 0. The Morgan fingerprint density at radius 3 is 2.81 bits per heavy atom. The second-order valence-corrected chi connectivity index (χ2v) is 3.18. The molecule has 0 fully saturated rings. The molecule has 16 heavy (non-hydrogen) atoms. The summed E-state index contributed by atoms with van der Waals surface area (Å²) in [5, 5.41) is 16.3. The number of aryl methyl sites for hydroxylation is 1. The fourth-order valence-corrected chi connectivity index (χ4v) is 1.21. The van der Waals surface area contributed by atoms with Crippen molar-refractivity contribution in [2.75, 3.05) is 0 Å². The fraction of sp³-hybridized carbons (Fsp3) is 0.333. The predicted octanol–water partition coefficient (Wildman–Crippen LogP) is 0.575. The number of nitrogens with zero attached hydrogens (tertiary/aromatic N) is 4. The Morgan fingerprint density at radius 2 is 2.25 bits per heavy atom. The zero-order valence-electron chi connectivity index (χ0n) is 8.62. The van der Waals surface area contributed by atoms with Crippen LogP contribution in [0.2, 0.25) is 0 Å². The van der Waals surface area contributed by atoms with Gasteiger partial charge in [0.2, 0.25) is 11.8 Å². The van der Waals surface area contributed by atoms with Gasteiger partial charge in [-0.15, -0.1) is 10.2 Å². The van der Waals surface area contributed by atoms with E-state index in [-0.39, 0.29) is 5.69 Å². The Hall–Kier alpha value is -2.18. The Balaban J connectivity index is 2.11. The first-order valence-corrected chi connectivity index (χ1v) is 4.75. The van der Waals surface area contributed by atoms with Crippen LogP contribution in [0.15, 0.2) is 16.9 Å². The smallest absolute Gasteiger partial charge is 0.356 e. The van der Waals surface area contributed by atoms with Crippen molar-refractivity contribution < 1.29 is 14.3 Å². The molecule has 1 N–H and O–H groups in total. The molecule has 0 aliphatic carbocycles. The maximum absolute atomic E-state index is 10.6. The van der Waals surface area contributed by atoms with Crippen molar-refractivity contribution in [3.05, 3.63) is 30.0 Å². The number of hydrogen-bond donors (Lipinski definition) is 1. The SMILES string of the molecule is CCc1nnc(Cn2cnc(C(=O)O)c2)o1. The molecular weight excluding hydrogens is 212 g/mol. The number of carboxylic acid groups (broad SMARTS) is 1. The minimum Gasteiger partial charge on any atom is -0.476 e. The monoisotopic (exact) mass is 222 g/mol. The van der Waals surface area contributed by atoms with Crippen LogP contribution < -0.4 is 0 Å². The second-order valence-electron chi connectivity index (χ2n) is 3.18. The lowest BCUT2D eigenvalue weighted by Crippen LogP contribution is -1.98. The van der Waals surface area contributed by atoms with Crippen LogP contribution in [-0.2, 0) is 13.0 Å². The highest BCUT2D eigenvalue weighted by Crippen LogP contribution is 2.04. The van der Waals surface area contributed by atoms with Crippen molar-refractivity contribution in [1.82, 2.24) is 19.7 Å². The highest BCUT2D eigenvalue weighted by molar-refractivity contribution is 5.84. The molecule has 2 aromatic rings. The minimum atomic E-state index is -1.06. The lowest BCUT2D eigenvalue weighted by atomic mass is 10.5. The maximum Gasteiger partial charge on any atom is 0.356 e. The molecule has 0 radical (unpaired) electrons. The molecule has 0 aromatic carbocycles. The van der Waals surface area contributed by atoms with E-state index in [1.54, 1.807) is 4.57 Å². The summed E-state index contributed by atoms with van der Waals surface area (Å²) < 4.78 is 6.87. The Labute approximate surface area is 90.7 Å². The zero-order valence-corrected chi connectivity index (χ0v) is 8.62. The molecule has 0 atom stereocenters. The van der Waals surface area contributed by atoms with E-state index in [0.717, 1.165) is 0 Å². The van der Waals surface area contributed by atoms with Crippen LogP contribution >= 0.6 is 0 Å². The van der Waals surface area contributed by atoms with Crippen LogP contribution in [0.1, 0.15) is 29.2 Å². The van der Waals surface area contributed by atoms with Gasteiger partial charge in [-0.05, 0) is 0 Å². The highest BCUT2D eigenvalue weighted by Gasteiger charge is 2.09. The van der Waals surface area contributed by atoms with Crippen LogP contribution in [0.4, 0.5) is 0 Å². The average molecular weight is 222 g/mol. The number of hydrogen-bond acceptors (Lipinski definition) is 5. The van der Waals surface area contributed by atoms with E-state index in [2.05, 4.69) is 15.2 Å². The van der Waals surface area contributed by atoms with Crippen molar-refractivity contribution in [2.45, 2.75) is 19.9 Å². The van der Waals surface area contributed by atoms with Crippen LogP contribution in [0.3, 0.4) is 0 Å². The van der Waals surface area contributed by atoms with Gasteiger partial charge in [0.25, 0.3) is 0 Å². The van der Waals surface area contributed by atoms with Gasteiger partial charge in [-0.25, -0.2) is 9.78 Å². The summed E-state index contributed by atoms with van der Waals surface area (Å²) in [7, 11) is 0. The number of imidazole rings is 1. The largest absolute Gasteiger partial charge is 0.476 e. The first kappa shape index (κ1) is 10.3. The standard InChI is InChI=1S/C9H10N4O3/c1-2-7-11-12-8(16-7)4-13-3-6(9(14)15)10-5-13/h3,5H,2,4H2,1H3,(H,14,15). The van der Waals surface area contributed by atoms with Crippen molar-refractivity contribution in [3.8, 4) is 0 Å². The Morgan fingerprint density at radius 1 is 1.50 bits per heavy atom. The number of rotatable bonds is 4. The molecule has 2 heterocycles. The molecule has 2 aromatic heterocycles. The van der Waals surface area contributed by atoms with Gasteiger partial charge in [-0.3, -0.25) is 0 Å². The molecule has 0 saturated carbocycles. The quantitative estimate of drug-likeness (QED) is 0.812. The van der Waals surface area contributed by atoms with Gasteiger partial charge < -0.3 is 14.1 Å². The molecule has 2 rings (SSSR count). The van der Waals surface area contributed by atoms with E-state index in [1.165, 1.54) is 12.5 Å². The maximum atomic E-state index is 10.6. The van der Waals surface area contributed by atoms with Crippen molar-refractivity contribution in [2.24, 2.45) is 0 Å². The molecule has 7 nitrogen and oxygen atoms in total.